The molecule has 4 heteroatoms. The Kier molecular flexibility index (Phi) is 4.53. The molecule has 1 fully saturated rings. The normalized spacial score (nSPS) is 17.9. The molecule has 4 nitrogen and oxygen atoms in total. The summed E-state index contributed by atoms with van der Waals surface area (Å²) >= 11 is 0. The van der Waals surface area contributed by atoms with E-state index in [1.54, 1.807) is 0 Å². The number of aromatic nitrogens is 2. The Morgan fingerprint density at radius 1 is 1.39 bits per heavy atom. The van der Waals surface area contributed by atoms with E-state index >= 15 is 0 Å². The molecule has 0 aromatic carbocycles. The van der Waals surface area contributed by atoms with Crippen LogP contribution in [-0.2, 0) is 6.54 Å². The van der Waals surface area contributed by atoms with Crippen molar-refractivity contribution < 1.29 is 0 Å². The first-order valence-electron chi connectivity index (χ1n) is 6.89. The van der Waals surface area contributed by atoms with Gasteiger partial charge in [-0.25, -0.2) is 9.97 Å². The van der Waals surface area contributed by atoms with Gasteiger partial charge in [-0.3, -0.25) is 0 Å². The van der Waals surface area contributed by atoms with Gasteiger partial charge < -0.3 is 10.2 Å². The molecule has 0 amide bonds. The summed E-state index contributed by atoms with van der Waals surface area (Å²) < 4.78 is 0. The van der Waals surface area contributed by atoms with Crippen molar-refractivity contribution in [3.8, 4) is 0 Å². The molecule has 100 valence electrons. The minimum Gasteiger partial charge on any atom is -0.347 e. The van der Waals surface area contributed by atoms with Crippen molar-refractivity contribution in [3.63, 3.8) is 0 Å². The maximum atomic E-state index is 4.52. The minimum absolute atomic E-state index is 0.588. The average Bonchev–Trinajstić information content (AvgIpc) is 2.90. The molecule has 1 heterocycles. The van der Waals surface area contributed by atoms with E-state index in [2.05, 4.69) is 22.2 Å². The standard InChI is InChI=1S/C14H24N4/c1-11(12-6-4-5-7-12)16-10-13-8-9-15-14(17-13)18(2)3/h8-9,11-12,16H,4-7,10H2,1-3H3/t11-/m1/s1. The molecular weight excluding hydrogens is 224 g/mol. The third kappa shape index (κ3) is 3.42. The van der Waals surface area contributed by atoms with Gasteiger partial charge in [0.2, 0.25) is 5.95 Å². The fourth-order valence-corrected chi connectivity index (χ4v) is 2.59. The number of hydrogen-bond donors (Lipinski definition) is 1. The lowest BCUT2D eigenvalue weighted by atomic mass is 10.00. The van der Waals surface area contributed by atoms with Crippen LogP contribution in [0.4, 0.5) is 5.95 Å². The van der Waals surface area contributed by atoms with Crippen molar-refractivity contribution in [1.29, 1.82) is 0 Å². The Morgan fingerprint density at radius 3 is 2.78 bits per heavy atom. The van der Waals surface area contributed by atoms with Gasteiger partial charge in [-0.05, 0) is 31.7 Å². The molecule has 0 bridgehead atoms. The molecule has 2 rings (SSSR count). The smallest absolute Gasteiger partial charge is 0.225 e. The van der Waals surface area contributed by atoms with E-state index in [1.165, 1.54) is 25.7 Å². The molecular formula is C14H24N4. The molecule has 1 aliphatic carbocycles. The molecule has 1 saturated carbocycles. The Morgan fingerprint density at radius 2 is 2.11 bits per heavy atom. The highest BCUT2D eigenvalue weighted by Crippen LogP contribution is 2.27. The van der Waals surface area contributed by atoms with Crippen LogP contribution < -0.4 is 10.2 Å². The third-order valence-electron chi connectivity index (χ3n) is 3.81. The lowest BCUT2D eigenvalue weighted by Crippen LogP contribution is -2.32. The molecule has 0 spiro atoms. The second-order valence-corrected chi connectivity index (χ2v) is 5.46. The molecule has 0 saturated heterocycles. The SMILES string of the molecule is C[C@@H](NCc1ccnc(N(C)C)n1)C1CCCC1. The first-order chi connectivity index (χ1) is 8.66. The Bertz CT molecular complexity index is 372. The fraction of sp³-hybridized carbons (Fsp3) is 0.714. The van der Waals surface area contributed by atoms with Gasteiger partial charge in [-0.15, -0.1) is 0 Å². The third-order valence-corrected chi connectivity index (χ3v) is 3.81. The number of rotatable bonds is 5. The summed E-state index contributed by atoms with van der Waals surface area (Å²) in [6.07, 6.45) is 7.38. The van der Waals surface area contributed by atoms with Crippen LogP contribution in [0.15, 0.2) is 12.3 Å². The highest BCUT2D eigenvalue weighted by atomic mass is 15.2. The lowest BCUT2D eigenvalue weighted by molar-refractivity contribution is 0.379. The van der Waals surface area contributed by atoms with E-state index in [0.29, 0.717) is 6.04 Å². The highest BCUT2D eigenvalue weighted by molar-refractivity contribution is 5.26. The van der Waals surface area contributed by atoms with E-state index in [1.807, 2.05) is 31.3 Å². The predicted molar refractivity (Wildman–Crippen MR) is 74.6 cm³/mol. The van der Waals surface area contributed by atoms with Crippen LogP contribution in [0.1, 0.15) is 38.3 Å². The van der Waals surface area contributed by atoms with Crippen molar-refractivity contribution >= 4 is 5.95 Å². The van der Waals surface area contributed by atoms with Crippen LogP contribution in [0, 0.1) is 5.92 Å². The van der Waals surface area contributed by atoms with Crippen molar-refractivity contribution in [2.75, 3.05) is 19.0 Å². The fourth-order valence-electron chi connectivity index (χ4n) is 2.59. The molecule has 1 aliphatic rings. The van der Waals surface area contributed by atoms with Gasteiger partial charge in [0.1, 0.15) is 0 Å². The monoisotopic (exact) mass is 248 g/mol. The van der Waals surface area contributed by atoms with Crippen LogP contribution in [-0.4, -0.2) is 30.1 Å². The van der Waals surface area contributed by atoms with Gasteiger partial charge in [-0.1, -0.05) is 12.8 Å². The maximum Gasteiger partial charge on any atom is 0.225 e. The highest BCUT2D eigenvalue weighted by Gasteiger charge is 2.20. The van der Waals surface area contributed by atoms with Crippen LogP contribution >= 0.6 is 0 Å². The molecule has 1 atom stereocenters. The van der Waals surface area contributed by atoms with Gasteiger partial charge in [0, 0.05) is 32.9 Å². The van der Waals surface area contributed by atoms with Crippen molar-refractivity contribution in [2.24, 2.45) is 5.92 Å². The predicted octanol–water partition coefficient (Wildman–Crippen LogP) is 2.21. The lowest BCUT2D eigenvalue weighted by Gasteiger charge is -2.20. The zero-order valence-electron chi connectivity index (χ0n) is 11.7. The van der Waals surface area contributed by atoms with E-state index in [4.69, 9.17) is 0 Å². The molecule has 0 radical (unpaired) electrons. The maximum absolute atomic E-state index is 4.52. The topological polar surface area (TPSA) is 41.1 Å². The second kappa shape index (κ2) is 6.14. The van der Waals surface area contributed by atoms with Gasteiger partial charge in [0.25, 0.3) is 0 Å². The van der Waals surface area contributed by atoms with Gasteiger partial charge >= 0.3 is 0 Å². The average molecular weight is 248 g/mol. The van der Waals surface area contributed by atoms with E-state index in [0.717, 1.165) is 24.1 Å². The Hall–Kier alpha value is -1.16. The van der Waals surface area contributed by atoms with E-state index < -0.39 is 0 Å². The number of nitrogens with zero attached hydrogens (tertiary/aromatic N) is 3. The molecule has 1 aromatic heterocycles. The molecule has 1 aromatic rings. The second-order valence-electron chi connectivity index (χ2n) is 5.46. The van der Waals surface area contributed by atoms with E-state index in [9.17, 15) is 0 Å². The number of nitrogens with one attached hydrogen (secondary N) is 1. The van der Waals surface area contributed by atoms with Gasteiger partial charge in [-0.2, -0.15) is 0 Å². The van der Waals surface area contributed by atoms with Crippen LogP contribution in [0.25, 0.3) is 0 Å². The number of anilines is 1. The zero-order valence-corrected chi connectivity index (χ0v) is 11.7. The largest absolute Gasteiger partial charge is 0.347 e. The summed E-state index contributed by atoms with van der Waals surface area (Å²) in [4.78, 5) is 10.7. The van der Waals surface area contributed by atoms with Crippen molar-refractivity contribution in [2.45, 2.75) is 45.2 Å². The van der Waals surface area contributed by atoms with Crippen LogP contribution in [0.3, 0.4) is 0 Å². The first kappa shape index (κ1) is 13.3. The van der Waals surface area contributed by atoms with Gasteiger partial charge in [0.05, 0.1) is 5.69 Å². The molecule has 18 heavy (non-hydrogen) atoms. The molecule has 1 N–H and O–H groups in total. The minimum atomic E-state index is 0.588. The summed E-state index contributed by atoms with van der Waals surface area (Å²) in [5.74, 6) is 1.63. The molecule has 0 aliphatic heterocycles. The van der Waals surface area contributed by atoms with Crippen molar-refractivity contribution in [3.05, 3.63) is 18.0 Å². The van der Waals surface area contributed by atoms with Crippen LogP contribution in [0.2, 0.25) is 0 Å². The summed E-state index contributed by atoms with van der Waals surface area (Å²) in [6.45, 7) is 3.13. The first-order valence-corrected chi connectivity index (χ1v) is 6.89. The van der Waals surface area contributed by atoms with Crippen LogP contribution in [0.5, 0.6) is 0 Å². The number of hydrogen-bond acceptors (Lipinski definition) is 4. The van der Waals surface area contributed by atoms with Gasteiger partial charge in [0.15, 0.2) is 0 Å². The van der Waals surface area contributed by atoms with E-state index in [-0.39, 0.29) is 0 Å². The summed E-state index contributed by atoms with van der Waals surface area (Å²) in [6, 6.07) is 2.58. The van der Waals surface area contributed by atoms with Crippen molar-refractivity contribution in [1.82, 2.24) is 15.3 Å². The molecule has 0 unspecified atom stereocenters. The summed E-state index contributed by atoms with van der Waals surface area (Å²) in [5.41, 5.74) is 1.07. The Balaban J connectivity index is 1.87. The summed E-state index contributed by atoms with van der Waals surface area (Å²) in [7, 11) is 3.93. The Labute approximate surface area is 110 Å². The summed E-state index contributed by atoms with van der Waals surface area (Å²) in [5, 5.41) is 3.60. The quantitative estimate of drug-likeness (QED) is 0.867. The zero-order chi connectivity index (χ0) is 13.0.